The molecule has 1 amide bonds. The molecule has 8 nitrogen and oxygen atoms in total. The number of nitrogens with zero attached hydrogens (tertiary/aromatic N) is 2. The third-order valence-electron chi connectivity index (χ3n) is 3.70. The van der Waals surface area contributed by atoms with Crippen LogP contribution in [0.15, 0.2) is 36.5 Å². The number of amides is 1. The molecule has 2 aromatic rings. The highest BCUT2D eigenvalue weighted by molar-refractivity contribution is 7.91. The van der Waals surface area contributed by atoms with Crippen LogP contribution in [0.25, 0.3) is 0 Å². The van der Waals surface area contributed by atoms with Gasteiger partial charge in [-0.15, -0.1) is 0 Å². The lowest BCUT2D eigenvalue weighted by Gasteiger charge is -2.12. The molecule has 1 aliphatic rings. The molecule has 1 unspecified atom stereocenters. The molecule has 0 radical (unpaired) electrons. The molecule has 1 aromatic carbocycles. The lowest BCUT2D eigenvalue weighted by atomic mass is 10.2. The van der Waals surface area contributed by atoms with E-state index in [1.165, 1.54) is 6.92 Å². The van der Waals surface area contributed by atoms with Crippen molar-refractivity contribution in [2.75, 3.05) is 27.5 Å². The maximum atomic E-state index is 11.5. The molecular formula is C16H19N5O3S. The lowest BCUT2D eigenvalue weighted by Crippen LogP contribution is -2.21. The zero-order chi connectivity index (χ0) is 17.9. The minimum atomic E-state index is -2.94. The molecule has 0 bridgehead atoms. The van der Waals surface area contributed by atoms with Crippen LogP contribution >= 0.6 is 0 Å². The molecule has 1 aliphatic heterocycles. The van der Waals surface area contributed by atoms with Gasteiger partial charge in [0.2, 0.25) is 11.9 Å². The summed E-state index contributed by atoms with van der Waals surface area (Å²) in [7, 11) is -2.94. The van der Waals surface area contributed by atoms with Gasteiger partial charge in [-0.2, -0.15) is 4.98 Å². The summed E-state index contributed by atoms with van der Waals surface area (Å²) >= 11 is 0. The lowest BCUT2D eigenvalue weighted by molar-refractivity contribution is -0.114. The van der Waals surface area contributed by atoms with Crippen LogP contribution in [0.5, 0.6) is 0 Å². The quantitative estimate of drug-likeness (QED) is 0.744. The van der Waals surface area contributed by atoms with Gasteiger partial charge in [0.05, 0.1) is 11.5 Å². The SMILES string of the molecule is CC(=O)Nc1ccc(Nc2nccc(NC3CCS(=O)(=O)C3)n2)cc1. The van der Waals surface area contributed by atoms with Crippen molar-refractivity contribution in [3.63, 3.8) is 0 Å². The van der Waals surface area contributed by atoms with Crippen LogP contribution in [0.4, 0.5) is 23.1 Å². The molecule has 3 N–H and O–H groups in total. The van der Waals surface area contributed by atoms with E-state index >= 15 is 0 Å². The van der Waals surface area contributed by atoms with Crippen LogP contribution in [0.1, 0.15) is 13.3 Å². The van der Waals surface area contributed by atoms with Gasteiger partial charge in [0.15, 0.2) is 9.84 Å². The van der Waals surface area contributed by atoms with Crippen LogP contribution < -0.4 is 16.0 Å². The van der Waals surface area contributed by atoms with Crippen molar-refractivity contribution in [2.24, 2.45) is 0 Å². The largest absolute Gasteiger partial charge is 0.366 e. The molecule has 1 fully saturated rings. The normalized spacial score (nSPS) is 18.5. The van der Waals surface area contributed by atoms with Crippen molar-refractivity contribution in [2.45, 2.75) is 19.4 Å². The van der Waals surface area contributed by atoms with E-state index in [2.05, 4.69) is 25.9 Å². The molecule has 0 aliphatic carbocycles. The first-order chi connectivity index (χ1) is 11.9. The molecule has 132 valence electrons. The number of hydrogen-bond acceptors (Lipinski definition) is 7. The zero-order valence-corrected chi connectivity index (χ0v) is 14.5. The minimum Gasteiger partial charge on any atom is -0.366 e. The van der Waals surface area contributed by atoms with Gasteiger partial charge < -0.3 is 16.0 Å². The van der Waals surface area contributed by atoms with Crippen LogP contribution in [-0.2, 0) is 14.6 Å². The summed E-state index contributed by atoms with van der Waals surface area (Å²) in [6, 6.07) is 8.74. The number of hydrogen-bond donors (Lipinski definition) is 3. The van der Waals surface area contributed by atoms with E-state index in [4.69, 9.17) is 0 Å². The predicted octanol–water partition coefficient (Wildman–Crippen LogP) is 1.78. The Hall–Kier alpha value is -2.68. The van der Waals surface area contributed by atoms with E-state index in [0.717, 1.165) is 5.69 Å². The fourth-order valence-electron chi connectivity index (χ4n) is 2.59. The van der Waals surface area contributed by atoms with Gasteiger partial charge in [-0.1, -0.05) is 0 Å². The average molecular weight is 361 g/mol. The van der Waals surface area contributed by atoms with Crippen molar-refractivity contribution in [1.82, 2.24) is 9.97 Å². The van der Waals surface area contributed by atoms with Crippen LogP contribution in [0.3, 0.4) is 0 Å². The van der Waals surface area contributed by atoms with Crippen molar-refractivity contribution >= 4 is 38.9 Å². The number of rotatable bonds is 5. The standard InChI is InChI=1S/C16H19N5O3S/c1-11(22)18-12-2-4-13(5-3-12)20-16-17-8-6-15(21-16)19-14-7-9-25(23,24)10-14/h2-6,8,14H,7,9-10H2,1H3,(H,18,22)(H2,17,19,20,21). The molecule has 3 rings (SSSR count). The predicted molar refractivity (Wildman–Crippen MR) is 96.7 cm³/mol. The first kappa shape index (κ1) is 17.2. The molecule has 0 spiro atoms. The Morgan fingerprint density at radius 2 is 1.88 bits per heavy atom. The van der Waals surface area contributed by atoms with Crippen LogP contribution in [0.2, 0.25) is 0 Å². The second-order valence-electron chi connectivity index (χ2n) is 5.89. The van der Waals surface area contributed by atoms with E-state index < -0.39 is 9.84 Å². The van der Waals surface area contributed by atoms with E-state index in [-0.39, 0.29) is 23.5 Å². The molecule has 1 aromatic heterocycles. The van der Waals surface area contributed by atoms with Crippen molar-refractivity contribution in [3.05, 3.63) is 36.5 Å². The summed E-state index contributed by atoms with van der Waals surface area (Å²) in [5, 5.41) is 8.90. The highest BCUT2D eigenvalue weighted by Crippen LogP contribution is 2.19. The number of anilines is 4. The topological polar surface area (TPSA) is 113 Å². The summed E-state index contributed by atoms with van der Waals surface area (Å²) in [6.07, 6.45) is 2.19. The van der Waals surface area contributed by atoms with Gasteiger partial charge >= 0.3 is 0 Å². The van der Waals surface area contributed by atoms with Gasteiger partial charge in [0.1, 0.15) is 5.82 Å². The van der Waals surface area contributed by atoms with Crippen LogP contribution in [0, 0.1) is 0 Å². The first-order valence-electron chi connectivity index (χ1n) is 7.84. The molecule has 9 heteroatoms. The molecule has 1 saturated heterocycles. The molecule has 1 atom stereocenters. The molecule has 0 saturated carbocycles. The summed E-state index contributed by atoms with van der Waals surface area (Å²) in [5.74, 6) is 1.19. The zero-order valence-electron chi connectivity index (χ0n) is 13.7. The fraction of sp³-hybridized carbons (Fsp3) is 0.312. The van der Waals surface area contributed by atoms with Crippen molar-refractivity contribution < 1.29 is 13.2 Å². The number of aromatic nitrogens is 2. The van der Waals surface area contributed by atoms with E-state index in [1.807, 2.05) is 0 Å². The first-order valence-corrected chi connectivity index (χ1v) is 9.66. The number of carbonyl (C=O) groups excluding carboxylic acids is 1. The Labute approximate surface area is 146 Å². The smallest absolute Gasteiger partial charge is 0.229 e. The Bertz CT molecular complexity index is 868. The average Bonchev–Trinajstić information content (AvgIpc) is 2.88. The van der Waals surface area contributed by atoms with Crippen LogP contribution in [-0.4, -0.2) is 41.8 Å². The fourth-order valence-corrected chi connectivity index (χ4v) is 4.26. The summed E-state index contributed by atoms with van der Waals surface area (Å²) < 4.78 is 23.0. The minimum absolute atomic E-state index is 0.121. The third kappa shape index (κ3) is 4.90. The summed E-state index contributed by atoms with van der Waals surface area (Å²) in [5.41, 5.74) is 1.48. The van der Waals surface area contributed by atoms with E-state index in [9.17, 15) is 13.2 Å². The van der Waals surface area contributed by atoms with Gasteiger partial charge in [0.25, 0.3) is 0 Å². The number of carbonyl (C=O) groups is 1. The monoisotopic (exact) mass is 361 g/mol. The second kappa shape index (κ2) is 7.06. The van der Waals surface area contributed by atoms with Crippen molar-refractivity contribution in [1.29, 1.82) is 0 Å². The number of benzene rings is 1. The Morgan fingerprint density at radius 1 is 1.16 bits per heavy atom. The summed E-state index contributed by atoms with van der Waals surface area (Å²) in [4.78, 5) is 19.5. The van der Waals surface area contributed by atoms with Crippen molar-refractivity contribution in [3.8, 4) is 0 Å². The molecule has 2 heterocycles. The second-order valence-corrected chi connectivity index (χ2v) is 8.12. The Balaban J connectivity index is 1.64. The summed E-state index contributed by atoms with van der Waals surface area (Å²) in [6.45, 7) is 1.45. The Morgan fingerprint density at radius 3 is 2.52 bits per heavy atom. The maximum Gasteiger partial charge on any atom is 0.229 e. The van der Waals surface area contributed by atoms with E-state index in [1.54, 1.807) is 36.5 Å². The van der Waals surface area contributed by atoms with Gasteiger partial charge in [-0.3, -0.25) is 4.79 Å². The third-order valence-corrected chi connectivity index (χ3v) is 5.47. The highest BCUT2D eigenvalue weighted by Gasteiger charge is 2.27. The molecular weight excluding hydrogens is 342 g/mol. The van der Waals surface area contributed by atoms with Gasteiger partial charge in [0, 0.05) is 30.5 Å². The molecule has 25 heavy (non-hydrogen) atoms. The maximum absolute atomic E-state index is 11.5. The van der Waals surface area contributed by atoms with Gasteiger partial charge in [-0.25, -0.2) is 13.4 Å². The van der Waals surface area contributed by atoms with Gasteiger partial charge in [-0.05, 0) is 36.8 Å². The Kier molecular flexibility index (Phi) is 4.84. The highest BCUT2D eigenvalue weighted by atomic mass is 32.2. The number of sulfone groups is 1. The van der Waals surface area contributed by atoms with E-state index in [0.29, 0.717) is 23.9 Å². The number of nitrogens with one attached hydrogen (secondary N) is 3.